The van der Waals surface area contributed by atoms with Gasteiger partial charge in [0.2, 0.25) is 0 Å². The predicted molar refractivity (Wildman–Crippen MR) is 172 cm³/mol. The monoisotopic (exact) mass is 685 g/mol. The second-order valence-corrected chi connectivity index (χ2v) is 14.8. The molecule has 0 spiro atoms. The van der Waals surface area contributed by atoms with Crippen LogP contribution in [0.1, 0.15) is 31.8 Å². The number of carboxylic acids is 2. The molecule has 0 saturated heterocycles. The van der Waals surface area contributed by atoms with Crippen molar-refractivity contribution in [1.29, 1.82) is 0 Å². The Kier molecular flexibility index (Phi) is 7.02. The van der Waals surface area contributed by atoms with Crippen molar-refractivity contribution < 1.29 is 38.7 Å². The number of aromatic carboxylic acids is 2. The number of hydrogen-bond acceptors (Lipinski definition) is 12. The summed E-state index contributed by atoms with van der Waals surface area (Å²) in [4.78, 5) is 26.1. The van der Waals surface area contributed by atoms with Gasteiger partial charge in [0.25, 0.3) is 0 Å². The molecule has 0 amide bonds. The lowest BCUT2D eigenvalue weighted by atomic mass is 9.98. The molecule has 1 radical (unpaired) electrons. The van der Waals surface area contributed by atoms with Gasteiger partial charge in [-0.3, -0.25) is 0 Å². The summed E-state index contributed by atoms with van der Waals surface area (Å²) in [6.45, 7) is 0. The number of ether oxygens (including phenoxy) is 4. The van der Waals surface area contributed by atoms with E-state index in [2.05, 4.69) is 47.4 Å². The molecule has 223 valence electrons. The van der Waals surface area contributed by atoms with E-state index < -0.39 is 48.7 Å². The third-order valence-corrected chi connectivity index (χ3v) is 12.7. The zero-order valence-corrected chi connectivity index (χ0v) is 26.4. The van der Waals surface area contributed by atoms with E-state index in [0.717, 1.165) is 47.0 Å². The molecule has 4 aliphatic rings. The van der Waals surface area contributed by atoms with Gasteiger partial charge in [-0.05, 0) is 29.2 Å². The lowest BCUT2D eigenvalue weighted by molar-refractivity contribution is -0.256. The number of hydrogen-bond donors (Lipinski definition) is 0. The first-order chi connectivity index (χ1) is 22.4. The minimum atomic E-state index is -2.21. The number of terminal acetylenes is 8. The highest BCUT2D eigenvalue weighted by Gasteiger charge is 2.52. The lowest BCUT2D eigenvalue weighted by Crippen LogP contribution is -2.36. The molecule has 47 heavy (non-hydrogen) atoms. The fourth-order valence-electron chi connectivity index (χ4n) is 4.80. The topological polar surface area (TPSA) is 117 Å². The molecule has 6 rings (SSSR count). The van der Waals surface area contributed by atoms with Gasteiger partial charge in [0.1, 0.15) is 0 Å². The van der Waals surface area contributed by atoms with Crippen LogP contribution < -0.4 is 29.2 Å². The van der Waals surface area contributed by atoms with E-state index in [1.807, 2.05) is 0 Å². The zero-order chi connectivity index (χ0) is 34.1. The molecule has 0 bridgehead atoms. The molecule has 0 aliphatic carbocycles. The standard InChI is InChI=1S/C35H11O8S4/c1-9-32(10-2)40-22-18(23-25(20(30(36)37)24(22)42-32)43-33(11-3,12-4)41-23)17-19-26-28(46-34(13-5,14-6)44-26)21(31(38)39)29-27(19)45-35(15-7,16-8)47-29/h1-8,17H,(H,36,37)(H,38,39)/p-2. The number of thioether (sulfide) groups is 4. The van der Waals surface area contributed by atoms with Crippen molar-refractivity contribution in [2.24, 2.45) is 0 Å². The molecular weight excluding hydrogens is 677 g/mol. The Labute approximate surface area is 286 Å². The number of rotatable bonds is 4. The molecule has 8 nitrogen and oxygen atoms in total. The third kappa shape index (κ3) is 4.26. The maximum Gasteiger partial charge on any atom is 0.385 e. The van der Waals surface area contributed by atoms with E-state index in [0.29, 0.717) is 9.79 Å². The van der Waals surface area contributed by atoms with Crippen LogP contribution in [0.2, 0.25) is 0 Å². The Morgan fingerprint density at radius 1 is 0.511 bits per heavy atom. The molecular formula is C35H9O8S4-2. The predicted octanol–water partition coefficient (Wildman–Crippen LogP) is 1.80. The first kappa shape index (κ1) is 31.4. The van der Waals surface area contributed by atoms with Crippen molar-refractivity contribution in [3.63, 3.8) is 0 Å². The summed E-state index contributed by atoms with van der Waals surface area (Å²) in [5, 5.41) is 25.2. The SMILES string of the molecule is C#CC1(C#C)Oc2c([CH]c3c4c(c(C(=O)[O-])c5c3SC(C#C)(C#C)S5)SC(C#C)(C#C)S4)c3c(c(C(=O)[O-])c2O1)OC(C#C)(C#C)O3. The Bertz CT molecular complexity index is 1910. The Morgan fingerprint density at radius 2 is 0.851 bits per heavy atom. The van der Waals surface area contributed by atoms with Gasteiger partial charge in [-0.2, -0.15) is 0 Å². The third-order valence-electron chi connectivity index (χ3n) is 6.90. The summed E-state index contributed by atoms with van der Waals surface area (Å²) in [5.41, 5.74) is -0.715. The second kappa shape index (κ2) is 10.5. The highest BCUT2D eigenvalue weighted by molar-refractivity contribution is 8.22. The Morgan fingerprint density at radius 3 is 1.17 bits per heavy atom. The van der Waals surface area contributed by atoms with Crippen molar-refractivity contribution in [2.45, 2.75) is 39.3 Å². The molecule has 4 heterocycles. The largest absolute Gasteiger partial charge is 0.545 e. The summed E-state index contributed by atoms with van der Waals surface area (Å²) in [6.07, 6.45) is 47.3. The molecule has 0 N–H and O–H groups in total. The molecule has 0 saturated carbocycles. The van der Waals surface area contributed by atoms with Crippen LogP contribution in [0.25, 0.3) is 0 Å². The summed E-state index contributed by atoms with van der Waals surface area (Å²) in [7, 11) is 0. The van der Waals surface area contributed by atoms with Gasteiger partial charge in [0.15, 0.2) is 31.2 Å². The summed E-state index contributed by atoms with van der Waals surface area (Å²) in [5.74, 6) is 9.48. The van der Waals surface area contributed by atoms with Gasteiger partial charge in [0, 0.05) is 31.6 Å². The van der Waals surface area contributed by atoms with Crippen LogP contribution >= 0.6 is 47.0 Å². The maximum atomic E-state index is 12.7. The second-order valence-electron chi connectivity index (χ2n) is 9.37. The first-order valence-electron chi connectivity index (χ1n) is 12.5. The van der Waals surface area contributed by atoms with E-state index in [1.165, 1.54) is 6.42 Å². The Balaban J connectivity index is 1.70. The quantitative estimate of drug-likeness (QED) is 0.437. The summed E-state index contributed by atoms with van der Waals surface area (Å²) < 4.78 is 20.5. The van der Waals surface area contributed by atoms with Crippen LogP contribution in [0.4, 0.5) is 0 Å². The normalized spacial score (nSPS) is 18.2. The van der Waals surface area contributed by atoms with Crippen LogP contribution in [-0.2, 0) is 0 Å². The maximum absolute atomic E-state index is 12.7. The van der Waals surface area contributed by atoms with E-state index in [4.69, 9.17) is 70.3 Å². The molecule has 0 aromatic heterocycles. The smallest absolute Gasteiger partial charge is 0.385 e. The fourth-order valence-corrected chi connectivity index (χ4v) is 10.3. The van der Waals surface area contributed by atoms with Gasteiger partial charge in [-0.15, -0.1) is 51.4 Å². The van der Waals surface area contributed by atoms with Crippen LogP contribution in [0.3, 0.4) is 0 Å². The minimum absolute atomic E-state index is 0.0700. The van der Waals surface area contributed by atoms with Gasteiger partial charge in [-0.1, -0.05) is 70.7 Å². The van der Waals surface area contributed by atoms with Crippen molar-refractivity contribution in [3.05, 3.63) is 28.7 Å². The summed E-state index contributed by atoms with van der Waals surface area (Å²) >= 11 is 3.87. The van der Waals surface area contributed by atoms with Crippen LogP contribution in [-0.4, -0.2) is 31.7 Å². The average molecular weight is 686 g/mol. The lowest BCUT2D eigenvalue weighted by Gasteiger charge is -2.19. The zero-order valence-electron chi connectivity index (χ0n) is 23.1. The van der Waals surface area contributed by atoms with Crippen LogP contribution in [0.5, 0.6) is 23.0 Å². The molecule has 2 aromatic carbocycles. The van der Waals surface area contributed by atoms with Crippen LogP contribution in [0.15, 0.2) is 19.6 Å². The molecule has 0 atom stereocenters. The van der Waals surface area contributed by atoms with E-state index >= 15 is 0 Å². The summed E-state index contributed by atoms with van der Waals surface area (Å²) in [6, 6.07) is 0. The van der Waals surface area contributed by atoms with Crippen molar-refractivity contribution in [2.75, 3.05) is 0 Å². The van der Waals surface area contributed by atoms with Gasteiger partial charge >= 0.3 is 11.6 Å². The fraction of sp³-hybridized carbons (Fsp3) is 0.114. The molecule has 0 fully saturated rings. The first-order valence-corrected chi connectivity index (χ1v) is 15.7. The number of fused-ring (bicyclic) bond motifs is 4. The number of benzene rings is 2. The van der Waals surface area contributed by atoms with E-state index in [9.17, 15) is 19.8 Å². The highest BCUT2D eigenvalue weighted by atomic mass is 32.2. The molecule has 0 unspecified atom stereocenters. The number of carbonyl (C=O) groups is 2. The molecule has 2 aromatic rings. The average Bonchev–Trinajstić information content (AvgIpc) is 3.85. The van der Waals surface area contributed by atoms with Gasteiger partial charge in [-0.25, -0.2) is 0 Å². The van der Waals surface area contributed by atoms with E-state index in [-0.39, 0.29) is 38.0 Å². The van der Waals surface area contributed by atoms with E-state index in [1.54, 1.807) is 0 Å². The van der Waals surface area contributed by atoms with Crippen LogP contribution in [0, 0.1) is 105 Å². The van der Waals surface area contributed by atoms with Gasteiger partial charge < -0.3 is 38.7 Å². The highest BCUT2D eigenvalue weighted by Crippen LogP contribution is 2.67. The molecule has 4 aliphatic heterocycles. The van der Waals surface area contributed by atoms with Gasteiger partial charge in [0.05, 0.1) is 23.1 Å². The number of carboxylic acid groups (broad SMARTS) is 2. The Hall–Kier alpha value is -5.54. The van der Waals surface area contributed by atoms with Crippen molar-refractivity contribution in [1.82, 2.24) is 0 Å². The number of carbonyl (C=O) groups excluding carboxylic acids is 2. The van der Waals surface area contributed by atoms with Crippen molar-refractivity contribution in [3.8, 4) is 122 Å². The minimum Gasteiger partial charge on any atom is -0.545 e. The molecule has 12 heteroatoms. The van der Waals surface area contributed by atoms with Crippen molar-refractivity contribution >= 4 is 59.0 Å².